The number of unbranched alkanes of at least 4 members (excludes halogenated alkanes) is 1. The zero-order valence-corrected chi connectivity index (χ0v) is 24.3. The number of nitrogens with zero attached hydrogens (tertiary/aromatic N) is 2. The molecule has 0 aromatic heterocycles. The summed E-state index contributed by atoms with van der Waals surface area (Å²) >= 11 is 0. The van der Waals surface area contributed by atoms with Crippen LogP contribution in [0, 0.1) is 5.41 Å². The van der Waals surface area contributed by atoms with Gasteiger partial charge in [0, 0.05) is 31.6 Å². The molecule has 0 radical (unpaired) electrons. The fourth-order valence-corrected chi connectivity index (χ4v) is 6.17. The molecule has 9 nitrogen and oxygen atoms in total. The van der Waals surface area contributed by atoms with Gasteiger partial charge < -0.3 is 15.5 Å². The second-order valence-corrected chi connectivity index (χ2v) is 12.3. The highest BCUT2D eigenvalue weighted by Crippen LogP contribution is 2.20. The Balaban J connectivity index is 1.57. The van der Waals surface area contributed by atoms with Gasteiger partial charge in [0.2, 0.25) is 21.8 Å². The first-order valence-electron chi connectivity index (χ1n) is 14.2. The number of amidine groups is 1. The number of carbonyl (C=O) groups is 2. The lowest BCUT2D eigenvalue weighted by Crippen LogP contribution is -2.55. The SMILES string of the molecule is CCCCN(C(=O)CNS(=O)(=O)c1ccc2ccccc2c1)[C@@H](Cc1ccc(C(=N)N)cc1)C(=O)N1CCCCC1. The molecule has 1 saturated heterocycles. The van der Waals surface area contributed by atoms with E-state index in [0.29, 0.717) is 31.6 Å². The standard InChI is InChI=1S/C31H39N5O4S/c1-2-3-19-36(29(37)22-34-41(39,40)27-16-15-24-9-5-6-10-26(24)21-27)28(31(38)35-17-7-4-8-18-35)20-23-11-13-25(14-12-23)30(32)33/h5-6,9-16,21,28,34H,2-4,7-8,17-20,22H2,1H3,(H3,32,33)/t28-/m0/s1. The van der Waals surface area contributed by atoms with Crippen LogP contribution in [-0.4, -0.2) is 68.1 Å². The van der Waals surface area contributed by atoms with Crippen LogP contribution in [0.3, 0.4) is 0 Å². The van der Waals surface area contributed by atoms with Crippen LogP contribution >= 0.6 is 0 Å². The summed E-state index contributed by atoms with van der Waals surface area (Å²) in [5.74, 6) is -0.614. The summed E-state index contributed by atoms with van der Waals surface area (Å²) in [6.07, 6.45) is 4.66. The first-order chi connectivity index (χ1) is 19.7. The van der Waals surface area contributed by atoms with Crippen molar-refractivity contribution < 1.29 is 18.0 Å². The maximum atomic E-state index is 13.9. The summed E-state index contributed by atoms with van der Waals surface area (Å²) in [6, 6.07) is 18.6. The summed E-state index contributed by atoms with van der Waals surface area (Å²) in [4.78, 5) is 31.0. The molecule has 218 valence electrons. The molecule has 3 aromatic rings. The van der Waals surface area contributed by atoms with Gasteiger partial charge in [-0.25, -0.2) is 13.1 Å². The monoisotopic (exact) mass is 577 g/mol. The van der Waals surface area contributed by atoms with Crippen LogP contribution in [0.25, 0.3) is 10.8 Å². The predicted molar refractivity (Wildman–Crippen MR) is 161 cm³/mol. The van der Waals surface area contributed by atoms with Crippen LogP contribution in [0.4, 0.5) is 0 Å². The maximum Gasteiger partial charge on any atom is 0.245 e. The maximum absolute atomic E-state index is 13.9. The minimum Gasteiger partial charge on any atom is -0.384 e. The van der Waals surface area contributed by atoms with E-state index in [1.807, 2.05) is 48.2 Å². The van der Waals surface area contributed by atoms with E-state index in [0.717, 1.165) is 42.0 Å². The molecule has 3 aromatic carbocycles. The van der Waals surface area contributed by atoms with Crippen molar-refractivity contribution in [1.29, 1.82) is 5.41 Å². The minimum absolute atomic E-state index is 0.0454. The summed E-state index contributed by atoms with van der Waals surface area (Å²) < 4.78 is 28.8. The van der Waals surface area contributed by atoms with E-state index in [1.165, 1.54) is 6.07 Å². The summed E-state index contributed by atoms with van der Waals surface area (Å²) in [6.45, 7) is 3.17. The van der Waals surface area contributed by atoms with Crippen molar-refractivity contribution in [2.24, 2.45) is 5.73 Å². The molecule has 1 aliphatic heterocycles. The molecule has 0 saturated carbocycles. The van der Waals surface area contributed by atoms with Crippen molar-refractivity contribution in [2.75, 3.05) is 26.2 Å². The first-order valence-corrected chi connectivity index (χ1v) is 15.7. The molecule has 0 bridgehead atoms. The molecule has 0 unspecified atom stereocenters. The Morgan fingerprint density at radius 3 is 2.34 bits per heavy atom. The largest absolute Gasteiger partial charge is 0.384 e. The molecule has 2 amide bonds. The Bertz CT molecular complexity index is 1480. The lowest BCUT2D eigenvalue weighted by Gasteiger charge is -2.36. The van der Waals surface area contributed by atoms with Gasteiger partial charge in [0.15, 0.2) is 0 Å². The molecule has 1 fully saturated rings. The number of hydrogen-bond acceptors (Lipinski definition) is 5. The van der Waals surface area contributed by atoms with Gasteiger partial charge in [0.25, 0.3) is 0 Å². The van der Waals surface area contributed by atoms with Gasteiger partial charge in [-0.05, 0) is 54.2 Å². The van der Waals surface area contributed by atoms with E-state index in [4.69, 9.17) is 11.1 Å². The average molecular weight is 578 g/mol. The number of benzene rings is 3. The Labute approximate surface area is 242 Å². The third kappa shape index (κ3) is 7.71. The van der Waals surface area contributed by atoms with Crippen LogP contribution in [0.5, 0.6) is 0 Å². The molecule has 10 heteroatoms. The third-order valence-corrected chi connectivity index (χ3v) is 8.94. The van der Waals surface area contributed by atoms with Crippen LogP contribution in [0.1, 0.15) is 50.2 Å². The van der Waals surface area contributed by atoms with Gasteiger partial charge >= 0.3 is 0 Å². The smallest absolute Gasteiger partial charge is 0.245 e. The first kappa shape index (κ1) is 30.2. The molecule has 41 heavy (non-hydrogen) atoms. The fourth-order valence-electron chi connectivity index (χ4n) is 5.16. The van der Waals surface area contributed by atoms with Crippen molar-refractivity contribution in [3.05, 3.63) is 77.9 Å². The van der Waals surface area contributed by atoms with Gasteiger partial charge in [0.05, 0.1) is 11.4 Å². The number of rotatable bonds is 12. The Morgan fingerprint density at radius 1 is 1.00 bits per heavy atom. The Kier molecular flexibility index (Phi) is 10.1. The fraction of sp³-hybridized carbons (Fsp3) is 0.387. The topological polar surface area (TPSA) is 137 Å². The molecular weight excluding hydrogens is 538 g/mol. The number of nitrogens with one attached hydrogen (secondary N) is 2. The molecule has 4 N–H and O–H groups in total. The van der Waals surface area contributed by atoms with Gasteiger partial charge in [-0.3, -0.25) is 15.0 Å². The number of nitrogen functional groups attached to an aromatic ring is 1. The van der Waals surface area contributed by atoms with Crippen LogP contribution in [-0.2, 0) is 26.0 Å². The van der Waals surface area contributed by atoms with Crippen molar-refractivity contribution >= 4 is 38.4 Å². The van der Waals surface area contributed by atoms with Crippen molar-refractivity contribution in [2.45, 2.75) is 56.4 Å². The lowest BCUT2D eigenvalue weighted by molar-refractivity contribution is -0.146. The summed E-state index contributed by atoms with van der Waals surface area (Å²) in [7, 11) is -3.96. The van der Waals surface area contributed by atoms with Gasteiger partial charge in [0.1, 0.15) is 11.9 Å². The normalized spacial score (nSPS) is 14.5. The Hall–Kier alpha value is -3.76. The highest BCUT2D eigenvalue weighted by Gasteiger charge is 2.34. The van der Waals surface area contributed by atoms with Crippen LogP contribution < -0.4 is 10.5 Å². The number of fused-ring (bicyclic) bond motifs is 1. The van der Waals surface area contributed by atoms with Crippen LogP contribution in [0.15, 0.2) is 71.6 Å². The Morgan fingerprint density at radius 2 is 1.68 bits per heavy atom. The van der Waals surface area contributed by atoms with E-state index >= 15 is 0 Å². The summed E-state index contributed by atoms with van der Waals surface area (Å²) in [5, 5.41) is 9.36. The number of piperidine rings is 1. The molecule has 0 spiro atoms. The van der Waals surface area contributed by atoms with E-state index < -0.39 is 28.5 Å². The highest BCUT2D eigenvalue weighted by atomic mass is 32.2. The number of amides is 2. The number of likely N-dealkylation sites (tertiary alicyclic amines) is 1. The number of sulfonamides is 1. The summed E-state index contributed by atoms with van der Waals surface area (Å²) in [5.41, 5.74) is 7.01. The van der Waals surface area contributed by atoms with Crippen molar-refractivity contribution in [3.8, 4) is 0 Å². The minimum atomic E-state index is -3.96. The highest BCUT2D eigenvalue weighted by molar-refractivity contribution is 7.89. The number of carbonyl (C=O) groups excluding carboxylic acids is 2. The van der Waals surface area contributed by atoms with E-state index in [-0.39, 0.29) is 23.1 Å². The molecule has 0 aliphatic carbocycles. The van der Waals surface area contributed by atoms with E-state index in [9.17, 15) is 18.0 Å². The predicted octanol–water partition coefficient (Wildman–Crippen LogP) is 3.65. The molecule has 1 heterocycles. The molecule has 1 aliphatic rings. The zero-order valence-electron chi connectivity index (χ0n) is 23.5. The molecule has 1 atom stereocenters. The average Bonchev–Trinajstić information content (AvgIpc) is 2.99. The van der Waals surface area contributed by atoms with E-state index in [2.05, 4.69) is 4.72 Å². The van der Waals surface area contributed by atoms with Crippen molar-refractivity contribution in [1.82, 2.24) is 14.5 Å². The van der Waals surface area contributed by atoms with Crippen LogP contribution in [0.2, 0.25) is 0 Å². The third-order valence-electron chi connectivity index (χ3n) is 7.54. The van der Waals surface area contributed by atoms with Gasteiger partial charge in [-0.15, -0.1) is 0 Å². The number of hydrogen-bond donors (Lipinski definition) is 3. The zero-order chi connectivity index (χ0) is 29.4. The van der Waals surface area contributed by atoms with Gasteiger partial charge in [-0.1, -0.05) is 67.9 Å². The quantitative estimate of drug-likeness (QED) is 0.223. The lowest BCUT2D eigenvalue weighted by atomic mass is 10.00. The van der Waals surface area contributed by atoms with Gasteiger partial charge in [-0.2, -0.15) is 0 Å². The van der Waals surface area contributed by atoms with Crippen molar-refractivity contribution in [3.63, 3.8) is 0 Å². The second kappa shape index (κ2) is 13.7. The second-order valence-electron chi connectivity index (χ2n) is 10.5. The molecule has 4 rings (SSSR count). The molecular formula is C31H39N5O4S. The number of nitrogens with two attached hydrogens (primary N) is 1. The van der Waals surface area contributed by atoms with E-state index in [1.54, 1.807) is 29.2 Å².